The third-order valence-corrected chi connectivity index (χ3v) is 4.46. The van der Waals surface area contributed by atoms with Crippen molar-refractivity contribution in [1.82, 2.24) is 5.32 Å². The van der Waals surface area contributed by atoms with Crippen LogP contribution in [-0.2, 0) is 0 Å². The number of piperidine rings is 1. The van der Waals surface area contributed by atoms with Crippen molar-refractivity contribution in [3.05, 3.63) is 59.1 Å². The monoisotopic (exact) mass is 300 g/mol. The summed E-state index contributed by atoms with van der Waals surface area (Å²) < 4.78 is 0. The van der Waals surface area contributed by atoms with Gasteiger partial charge in [0.15, 0.2) is 0 Å². The molecular formula is C18H21ClN2. The lowest BCUT2D eigenvalue weighted by molar-refractivity contribution is 0.412. The van der Waals surface area contributed by atoms with Gasteiger partial charge in [-0.15, -0.1) is 0 Å². The van der Waals surface area contributed by atoms with Crippen LogP contribution < -0.4 is 10.2 Å². The summed E-state index contributed by atoms with van der Waals surface area (Å²) in [7, 11) is 2.08. The second-order valence-corrected chi connectivity index (χ2v) is 6.07. The maximum absolute atomic E-state index is 5.94. The molecule has 1 heterocycles. The normalized spacial score (nSPS) is 18.5. The standard InChI is InChI=1S/C18H21ClN2/c1-21(17-11-7-15(19)8-12-17)16-9-5-14(6-10-16)18-4-2-3-13-20-18/h5-12,18,20H,2-4,13H2,1H3. The van der Waals surface area contributed by atoms with Crippen LogP contribution in [-0.4, -0.2) is 13.6 Å². The van der Waals surface area contributed by atoms with Gasteiger partial charge in [-0.05, 0) is 61.3 Å². The van der Waals surface area contributed by atoms with Crippen LogP contribution in [0.3, 0.4) is 0 Å². The fourth-order valence-corrected chi connectivity index (χ4v) is 3.01. The summed E-state index contributed by atoms with van der Waals surface area (Å²) in [5, 5.41) is 4.36. The van der Waals surface area contributed by atoms with E-state index in [-0.39, 0.29) is 0 Å². The minimum absolute atomic E-state index is 0.522. The Balaban J connectivity index is 1.75. The van der Waals surface area contributed by atoms with Crippen LogP contribution in [0.1, 0.15) is 30.9 Å². The molecule has 3 rings (SSSR count). The lowest BCUT2D eigenvalue weighted by atomic mass is 9.97. The lowest BCUT2D eigenvalue weighted by Gasteiger charge is -2.25. The molecule has 2 nitrogen and oxygen atoms in total. The molecule has 0 bridgehead atoms. The van der Waals surface area contributed by atoms with Gasteiger partial charge in [0.25, 0.3) is 0 Å². The largest absolute Gasteiger partial charge is 0.345 e. The molecule has 1 saturated heterocycles. The zero-order chi connectivity index (χ0) is 14.7. The van der Waals surface area contributed by atoms with E-state index in [4.69, 9.17) is 11.6 Å². The molecule has 2 aromatic rings. The average molecular weight is 301 g/mol. The molecule has 0 radical (unpaired) electrons. The Bertz CT molecular complexity index is 571. The third-order valence-electron chi connectivity index (χ3n) is 4.21. The molecule has 1 unspecified atom stereocenters. The minimum Gasteiger partial charge on any atom is -0.345 e. The van der Waals surface area contributed by atoms with Crippen molar-refractivity contribution in [2.24, 2.45) is 0 Å². The summed E-state index contributed by atoms with van der Waals surface area (Å²) in [6, 6.07) is 17.3. The number of anilines is 2. The summed E-state index contributed by atoms with van der Waals surface area (Å²) in [4.78, 5) is 2.18. The maximum Gasteiger partial charge on any atom is 0.0409 e. The van der Waals surface area contributed by atoms with Gasteiger partial charge < -0.3 is 10.2 Å². The first-order chi connectivity index (χ1) is 10.2. The van der Waals surface area contributed by atoms with Gasteiger partial charge in [-0.3, -0.25) is 0 Å². The van der Waals surface area contributed by atoms with E-state index < -0.39 is 0 Å². The van der Waals surface area contributed by atoms with E-state index in [1.807, 2.05) is 24.3 Å². The zero-order valence-corrected chi connectivity index (χ0v) is 13.1. The van der Waals surface area contributed by atoms with Gasteiger partial charge in [0.2, 0.25) is 0 Å². The van der Waals surface area contributed by atoms with Crippen molar-refractivity contribution in [2.75, 3.05) is 18.5 Å². The highest BCUT2D eigenvalue weighted by Gasteiger charge is 2.14. The number of halogens is 1. The third kappa shape index (κ3) is 3.39. The number of hydrogen-bond donors (Lipinski definition) is 1. The SMILES string of the molecule is CN(c1ccc(Cl)cc1)c1ccc(C2CCCCN2)cc1. The van der Waals surface area contributed by atoms with Gasteiger partial charge >= 0.3 is 0 Å². The molecule has 1 fully saturated rings. The first-order valence-corrected chi connectivity index (χ1v) is 7.94. The van der Waals surface area contributed by atoms with Gasteiger partial charge in [0.05, 0.1) is 0 Å². The molecule has 0 aromatic heterocycles. The molecule has 1 aliphatic rings. The molecule has 0 aliphatic carbocycles. The van der Waals surface area contributed by atoms with E-state index in [0.29, 0.717) is 6.04 Å². The quantitative estimate of drug-likeness (QED) is 0.865. The molecule has 110 valence electrons. The predicted octanol–water partition coefficient (Wildman–Crippen LogP) is 4.92. The fourth-order valence-electron chi connectivity index (χ4n) is 2.88. The van der Waals surface area contributed by atoms with Gasteiger partial charge in [-0.1, -0.05) is 30.2 Å². The maximum atomic E-state index is 5.94. The minimum atomic E-state index is 0.522. The van der Waals surface area contributed by atoms with E-state index in [9.17, 15) is 0 Å². The number of nitrogens with zero attached hydrogens (tertiary/aromatic N) is 1. The van der Waals surface area contributed by atoms with E-state index >= 15 is 0 Å². The van der Waals surface area contributed by atoms with Crippen molar-refractivity contribution in [3.63, 3.8) is 0 Å². The Morgan fingerprint density at radius 2 is 1.57 bits per heavy atom. The van der Waals surface area contributed by atoms with Gasteiger partial charge in [-0.2, -0.15) is 0 Å². The van der Waals surface area contributed by atoms with Crippen LogP contribution >= 0.6 is 11.6 Å². The summed E-state index contributed by atoms with van der Waals surface area (Å²) in [5.74, 6) is 0. The molecule has 1 atom stereocenters. The summed E-state index contributed by atoms with van der Waals surface area (Å²) >= 11 is 5.94. The molecule has 21 heavy (non-hydrogen) atoms. The van der Waals surface area contributed by atoms with Gasteiger partial charge in [0, 0.05) is 29.5 Å². The molecular weight excluding hydrogens is 280 g/mol. The van der Waals surface area contributed by atoms with Crippen LogP contribution in [0.25, 0.3) is 0 Å². The number of rotatable bonds is 3. The molecule has 1 aliphatic heterocycles. The lowest BCUT2D eigenvalue weighted by Crippen LogP contribution is -2.26. The van der Waals surface area contributed by atoms with Crippen molar-refractivity contribution < 1.29 is 0 Å². The topological polar surface area (TPSA) is 15.3 Å². The average Bonchev–Trinajstić information content (AvgIpc) is 2.56. The fraction of sp³-hybridized carbons (Fsp3) is 0.333. The van der Waals surface area contributed by atoms with E-state index in [1.54, 1.807) is 0 Å². The highest BCUT2D eigenvalue weighted by molar-refractivity contribution is 6.30. The van der Waals surface area contributed by atoms with Crippen molar-refractivity contribution >= 4 is 23.0 Å². The van der Waals surface area contributed by atoms with Crippen molar-refractivity contribution in [1.29, 1.82) is 0 Å². The summed E-state index contributed by atoms with van der Waals surface area (Å²) in [5.41, 5.74) is 3.72. The molecule has 3 heteroatoms. The van der Waals surface area contributed by atoms with E-state index in [0.717, 1.165) is 17.3 Å². The van der Waals surface area contributed by atoms with Crippen LogP contribution in [0, 0.1) is 0 Å². The Morgan fingerprint density at radius 3 is 2.14 bits per heavy atom. The Kier molecular flexibility index (Phi) is 4.47. The van der Waals surface area contributed by atoms with Crippen LogP contribution in [0.2, 0.25) is 5.02 Å². The highest BCUT2D eigenvalue weighted by atomic mass is 35.5. The first kappa shape index (κ1) is 14.4. The predicted molar refractivity (Wildman–Crippen MR) is 90.6 cm³/mol. The zero-order valence-electron chi connectivity index (χ0n) is 12.3. The first-order valence-electron chi connectivity index (χ1n) is 7.57. The van der Waals surface area contributed by atoms with Crippen LogP contribution in [0.15, 0.2) is 48.5 Å². The number of benzene rings is 2. The van der Waals surface area contributed by atoms with Gasteiger partial charge in [0.1, 0.15) is 0 Å². The second kappa shape index (κ2) is 6.50. The molecule has 0 saturated carbocycles. The molecule has 1 N–H and O–H groups in total. The van der Waals surface area contributed by atoms with Gasteiger partial charge in [-0.25, -0.2) is 0 Å². The number of nitrogens with one attached hydrogen (secondary N) is 1. The van der Waals surface area contributed by atoms with Crippen molar-refractivity contribution in [2.45, 2.75) is 25.3 Å². The smallest absolute Gasteiger partial charge is 0.0409 e. The van der Waals surface area contributed by atoms with E-state index in [1.165, 1.54) is 30.5 Å². The molecule has 0 amide bonds. The van der Waals surface area contributed by atoms with Crippen LogP contribution in [0.5, 0.6) is 0 Å². The Labute approximate surface area is 131 Å². The molecule has 0 spiro atoms. The van der Waals surface area contributed by atoms with E-state index in [2.05, 4.69) is 41.5 Å². The number of hydrogen-bond acceptors (Lipinski definition) is 2. The second-order valence-electron chi connectivity index (χ2n) is 5.63. The molecule has 2 aromatic carbocycles. The Morgan fingerprint density at radius 1 is 0.952 bits per heavy atom. The summed E-state index contributed by atoms with van der Waals surface area (Å²) in [6.45, 7) is 1.14. The van der Waals surface area contributed by atoms with Crippen molar-refractivity contribution in [3.8, 4) is 0 Å². The van der Waals surface area contributed by atoms with Crippen LogP contribution in [0.4, 0.5) is 11.4 Å². The summed E-state index contributed by atoms with van der Waals surface area (Å²) in [6.07, 6.45) is 3.87. The highest BCUT2D eigenvalue weighted by Crippen LogP contribution is 2.28. The Hall–Kier alpha value is -1.51.